The number of hydrogen-bond donors (Lipinski definition) is 0. The van der Waals surface area contributed by atoms with Crippen molar-refractivity contribution in [1.82, 2.24) is 0 Å². The van der Waals surface area contributed by atoms with Crippen LogP contribution in [0.4, 0.5) is 0 Å². The van der Waals surface area contributed by atoms with Crippen LogP contribution in [0.15, 0.2) is 78.9 Å². The van der Waals surface area contributed by atoms with E-state index in [1.165, 1.54) is 40.2 Å². The molecule has 3 rings (SSSR count). The minimum atomic E-state index is -0.0140. The molecule has 0 aromatic heterocycles. The third kappa shape index (κ3) is 5.85. The molecule has 0 N–H and O–H groups in total. The molecule has 158 valence electrons. The molecule has 0 aliphatic rings. The van der Waals surface area contributed by atoms with Gasteiger partial charge in [-0.1, -0.05) is 0 Å². The van der Waals surface area contributed by atoms with Gasteiger partial charge in [0.1, 0.15) is 0 Å². The van der Waals surface area contributed by atoms with Crippen molar-refractivity contribution in [3.8, 4) is 0 Å². The predicted octanol–water partition coefficient (Wildman–Crippen LogP) is 6.90. The van der Waals surface area contributed by atoms with Crippen LogP contribution in [0, 0.1) is 11.8 Å². The van der Waals surface area contributed by atoms with Gasteiger partial charge in [-0.15, -0.1) is 0 Å². The molecule has 3 aromatic carbocycles. The zero-order valence-electron chi connectivity index (χ0n) is 21.1. The molecule has 3 aromatic rings. The van der Waals surface area contributed by atoms with Crippen molar-refractivity contribution >= 4 is 39.7 Å². The maximum atomic E-state index is 2.49. The first-order chi connectivity index (χ1) is 15.4. The summed E-state index contributed by atoms with van der Waals surface area (Å²) in [7, 11) is 0. The molecule has 4 unspecified atom stereocenters. The van der Waals surface area contributed by atoms with Gasteiger partial charge in [-0.3, -0.25) is 0 Å². The Kier molecular flexibility index (Phi) is 9.41. The van der Waals surface area contributed by atoms with Crippen LogP contribution in [-0.2, 0) is 4.09 Å². The molecule has 0 amide bonds. The van der Waals surface area contributed by atoms with Crippen LogP contribution in [-0.4, -0.2) is 35.4 Å². The van der Waals surface area contributed by atoms with Crippen molar-refractivity contribution < 1.29 is 0 Å². The second kappa shape index (κ2) is 11.8. The van der Waals surface area contributed by atoms with Crippen LogP contribution in [0.1, 0.15) is 81.5 Å². The fourth-order valence-corrected chi connectivity index (χ4v) is 5.44. The maximum absolute atomic E-state index is 2.49. The first kappa shape index (κ1) is 25.5. The molecule has 0 saturated heterocycles. The Morgan fingerprint density at radius 2 is 1.34 bits per heavy atom. The zero-order chi connectivity index (χ0) is 23.1. The van der Waals surface area contributed by atoms with Gasteiger partial charge >= 0.3 is 216 Å². The molecule has 0 saturated carbocycles. The molecule has 0 heterocycles. The quantitative estimate of drug-likeness (QED) is 0.319. The zero-order valence-corrected chi connectivity index (χ0v) is 21.1. The first-order valence-corrected chi connectivity index (χ1v) is 12.6. The Bertz CT molecular complexity index is 967. The summed E-state index contributed by atoms with van der Waals surface area (Å²) in [6.07, 6.45) is 4.77. The molecule has 0 nitrogen and oxygen atoms in total. The van der Waals surface area contributed by atoms with Gasteiger partial charge in [-0.2, -0.15) is 0 Å². The van der Waals surface area contributed by atoms with E-state index in [0.717, 1.165) is 6.42 Å². The Balaban J connectivity index is 2.25. The van der Waals surface area contributed by atoms with Crippen molar-refractivity contribution in [2.24, 2.45) is 11.8 Å². The summed E-state index contributed by atoms with van der Waals surface area (Å²) >= 11 is 4.81. The third-order valence-electron chi connectivity index (χ3n) is 7.63. The van der Waals surface area contributed by atoms with E-state index in [4.69, 9.17) is 0 Å². The normalized spacial score (nSPS) is 16.2. The summed E-state index contributed by atoms with van der Waals surface area (Å²) in [6.45, 7) is 9.46. The molecule has 0 spiro atoms. The van der Waals surface area contributed by atoms with Gasteiger partial charge in [-0.25, -0.2) is 0 Å². The average molecular weight is 411 g/mol. The topological polar surface area (TPSA) is 0 Å². The summed E-state index contributed by atoms with van der Waals surface area (Å²) in [5.41, 5.74) is 5.94. The van der Waals surface area contributed by atoms with Gasteiger partial charge in [0, 0.05) is 0 Å². The van der Waals surface area contributed by atoms with Crippen LogP contribution < -0.4 is 4.24 Å². The Labute approximate surface area is 215 Å². The SMILES string of the molecule is [Li][c]1cccc(C(CC(C)CC)c2ccccc2)c1[C]([Li])(CC(C)CC)c1ccccc1. The van der Waals surface area contributed by atoms with E-state index >= 15 is 0 Å². The van der Waals surface area contributed by atoms with Gasteiger partial charge in [0.15, 0.2) is 0 Å². The molecular weight excluding hydrogens is 374 g/mol. The van der Waals surface area contributed by atoms with Gasteiger partial charge in [0.25, 0.3) is 0 Å². The second-order valence-corrected chi connectivity index (χ2v) is 10.2. The van der Waals surface area contributed by atoms with Crippen LogP contribution >= 0.6 is 0 Å². The van der Waals surface area contributed by atoms with Gasteiger partial charge in [0.05, 0.1) is 0 Å². The summed E-state index contributed by atoms with van der Waals surface area (Å²) in [5.74, 6) is 1.77. The molecular formula is C30H36Li2. The number of benzene rings is 3. The molecule has 4 atom stereocenters. The van der Waals surface area contributed by atoms with Crippen LogP contribution in [0.25, 0.3) is 0 Å². The predicted molar refractivity (Wildman–Crippen MR) is 141 cm³/mol. The van der Waals surface area contributed by atoms with Crippen molar-refractivity contribution in [1.29, 1.82) is 0 Å². The van der Waals surface area contributed by atoms with Crippen LogP contribution in [0.2, 0.25) is 0 Å². The molecule has 0 aliphatic heterocycles. The van der Waals surface area contributed by atoms with E-state index in [9.17, 15) is 0 Å². The molecule has 0 bridgehead atoms. The third-order valence-corrected chi connectivity index (χ3v) is 7.63. The monoisotopic (exact) mass is 410 g/mol. The van der Waals surface area contributed by atoms with Crippen molar-refractivity contribution in [2.45, 2.75) is 63.4 Å². The minimum absolute atomic E-state index is 0.0140. The van der Waals surface area contributed by atoms with Gasteiger partial charge in [0.2, 0.25) is 0 Å². The van der Waals surface area contributed by atoms with E-state index in [1.54, 1.807) is 5.56 Å². The van der Waals surface area contributed by atoms with Crippen molar-refractivity contribution in [3.63, 3.8) is 0 Å². The summed E-state index contributed by atoms with van der Waals surface area (Å²) < 4.78 is 1.40. The Morgan fingerprint density at radius 1 is 0.750 bits per heavy atom. The van der Waals surface area contributed by atoms with Crippen molar-refractivity contribution in [3.05, 3.63) is 101 Å². The summed E-state index contributed by atoms with van der Waals surface area (Å²) in [4.78, 5) is 0. The van der Waals surface area contributed by atoms with Gasteiger partial charge < -0.3 is 0 Å². The molecule has 0 aliphatic carbocycles. The summed E-state index contributed by atoms with van der Waals surface area (Å²) in [6, 6.07) is 29.4. The molecule has 2 heteroatoms. The number of hydrogen-bond acceptors (Lipinski definition) is 0. The van der Waals surface area contributed by atoms with E-state index in [0.29, 0.717) is 17.8 Å². The fourth-order valence-electron chi connectivity index (χ4n) is 5.44. The summed E-state index contributed by atoms with van der Waals surface area (Å²) in [5, 5.41) is 0. The number of rotatable bonds is 10. The Morgan fingerprint density at radius 3 is 1.94 bits per heavy atom. The van der Waals surface area contributed by atoms with Gasteiger partial charge in [-0.05, 0) is 0 Å². The molecule has 32 heavy (non-hydrogen) atoms. The first-order valence-electron chi connectivity index (χ1n) is 12.6. The van der Waals surface area contributed by atoms with Crippen LogP contribution in [0.5, 0.6) is 0 Å². The standard InChI is InChI=1S/C30H36.2Li/c1-5-23(3)21-29(25-15-9-7-10-16-25)27-19-13-14-20-28(27)30(22-24(4)6-2)26-17-11-8-12-18-26;;/h7-19,23-24,29H,5-6,21-22H2,1-4H3;;. The van der Waals surface area contributed by atoms with E-state index < -0.39 is 0 Å². The molecule has 0 fully saturated rings. The average Bonchev–Trinajstić information content (AvgIpc) is 2.83. The molecule has 0 radical (unpaired) electrons. The van der Waals surface area contributed by atoms with E-state index in [-0.39, 0.29) is 4.09 Å². The van der Waals surface area contributed by atoms with E-state index in [2.05, 4.69) is 142 Å². The second-order valence-electron chi connectivity index (χ2n) is 10.2. The van der Waals surface area contributed by atoms with Crippen LogP contribution in [0.3, 0.4) is 0 Å². The Hall–Kier alpha value is -1.15. The van der Waals surface area contributed by atoms with Crippen molar-refractivity contribution in [2.75, 3.05) is 0 Å². The fraction of sp³-hybridized carbons (Fsp3) is 0.400. The van der Waals surface area contributed by atoms with E-state index in [1.807, 2.05) is 0 Å².